The molecule has 2 aromatic rings. The van der Waals surface area contributed by atoms with E-state index in [0.29, 0.717) is 5.75 Å². The van der Waals surface area contributed by atoms with E-state index in [1.807, 2.05) is 20.8 Å². The van der Waals surface area contributed by atoms with Gasteiger partial charge in [-0.1, -0.05) is 12.1 Å². The second-order valence-electron chi connectivity index (χ2n) is 7.45. The molecule has 0 spiro atoms. The molecule has 1 aromatic heterocycles. The first-order chi connectivity index (χ1) is 13.5. The van der Waals surface area contributed by atoms with Crippen LogP contribution in [0.25, 0.3) is 0 Å². The van der Waals surface area contributed by atoms with E-state index in [2.05, 4.69) is 9.69 Å². The number of nitrogen functional groups attached to an aromatic ring is 1. The Morgan fingerprint density at radius 1 is 1.21 bits per heavy atom. The highest BCUT2D eigenvalue weighted by molar-refractivity contribution is 7.09. The average Bonchev–Trinajstić information content (AvgIpc) is 3.01. The zero-order valence-corrected chi connectivity index (χ0v) is 17.6. The third-order valence-corrected chi connectivity index (χ3v) is 4.68. The molecule has 10 heteroatoms. The molecule has 2 rings (SSSR count). The molecule has 29 heavy (non-hydrogen) atoms. The van der Waals surface area contributed by atoms with Crippen LogP contribution >= 0.6 is 11.5 Å². The van der Waals surface area contributed by atoms with Gasteiger partial charge in [-0.25, -0.2) is 0 Å². The van der Waals surface area contributed by atoms with Gasteiger partial charge in [-0.05, 0) is 50.0 Å². The third kappa shape index (κ3) is 5.92. The number of hydrogen-bond acceptors (Lipinski definition) is 7. The molecule has 0 saturated carbocycles. The van der Waals surface area contributed by atoms with Crippen LogP contribution in [0.5, 0.6) is 5.75 Å². The van der Waals surface area contributed by atoms with Gasteiger partial charge in [-0.3, -0.25) is 14.4 Å². The summed E-state index contributed by atoms with van der Waals surface area (Å²) in [5.41, 5.74) is 11.2. The number of carbonyl (C=O) groups excluding carboxylic acids is 3. The summed E-state index contributed by atoms with van der Waals surface area (Å²) in [7, 11) is 1.56. The molecular formula is C19H25N5O4S. The Balaban J connectivity index is 2.30. The number of hydrogen-bond donors (Lipinski definition) is 3. The maximum atomic E-state index is 13.1. The number of nitrogens with zero attached hydrogens (tertiary/aromatic N) is 2. The second kappa shape index (κ2) is 8.91. The summed E-state index contributed by atoms with van der Waals surface area (Å²) >= 11 is 0.779. The van der Waals surface area contributed by atoms with Gasteiger partial charge < -0.3 is 26.4 Å². The molecule has 0 saturated heterocycles. The average molecular weight is 420 g/mol. The maximum absolute atomic E-state index is 13.1. The molecule has 0 atom stereocenters. The van der Waals surface area contributed by atoms with Crippen molar-refractivity contribution < 1.29 is 19.1 Å². The molecule has 1 aromatic carbocycles. The zero-order chi connectivity index (χ0) is 21.8. The fourth-order valence-electron chi connectivity index (χ4n) is 2.55. The van der Waals surface area contributed by atoms with Gasteiger partial charge in [0.15, 0.2) is 5.69 Å². The number of amides is 3. The van der Waals surface area contributed by atoms with E-state index in [-0.39, 0.29) is 35.3 Å². The lowest BCUT2D eigenvalue weighted by atomic mass is 10.1. The van der Waals surface area contributed by atoms with Gasteiger partial charge in [-0.2, -0.15) is 4.37 Å². The van der Waals surface area contributed by atoms with Gasteiger partial charge in [0, 0.05) is 12.1 Å². The minimum Gasteiger partial charge on any atom is -0.497 e. The van der Waals surface area contributed by atoms with Crippen LogP contribution < -0.4 is 21.5 Å². The number of carbonyl (C=O) groups is 3. The van der Waals surface area contributed by atoms with Gasteiger partial charge in [-0.15, -0.1) is 0 Å². The van der Waals surface area contributed by atoms with Crippen LogP contribution in [0.1, 0.15) is 46.5 Å². The van der Waals surface area contributed by atoms with Crippen LogP contribution in [0.4, 0.5) is 5.69 Å². The highest BCUT2D eigenvalue weighted by atomic mass is 32.1. The van der Waals surface area contributed by atoms with Crippen molar-refractivity contribution in [3.8, 4) is 5.75 Å². The number of primary amides is 1. The Morgan fingerprint density at radius 3 is 2.31 bits per heavy atom. The summed E-state index contributed by atoms with van der Waals surface area (Å²) in [6.45, 7) is 5.51. The lowest BCUT2D eigenvalue weighted by Gasteiger charge is -2.26. The fourth-order valence-corrected chi connectivity index (χ4v) is 3.33. The van der Waals surface area contributed by atoms with Crippen molar-refractivity contribution in [2.45, 2.75) is 32.9 Å². The van der Waals surface area contributed by atoms with E-state index in [4.69, 9.17) is 16.2 Å². The van der Waals surface area contributed by atoms with Crippen molar-refractivity contribution in [2.75, 3.05) is 19.4 Å². The van der Waals surface area contributed by atoms with Crippen LogP contribution in [0, 0.1) is 0 Å². The molecule has 0 aliphatic rings. The number of ether oxygens (including phenoxy) is 1. The summed E-state index contributed by atoms with van der Waals surface area (Å²) in [4.78, 5) is 38.4. The van der Waals surface area contributed by atoms with Crippen LogP contribution in [-0.4, -0.2) is 46.2 Å². The Labute approximate surface area is 173 Å². The highest BCUT2D eigenvalue weighted by Crippen LogP contribution is 2.24. The van der Waals surface area contributed by atoms with E-state index in [1.54, 1.807) is 31.4 Å². The number of aromatic nitrogens is 1. The predicted molar refractivity (Wildman–Crippen MR) is 111 cm³/mol. The molecule has 9 nitrogen and oxygen atoms in total. The first-order valence-electron chi connectivity index (χ1n) is 8.80. The van der Waals surface area contributed by atoms with Crippen LogP contribution in [0.3, 0.4) is 0 Å². The van der Waals surface area contributed by atoms with Crippen LogP contribution in [0.15, 0.2) is 24.3 Å². The van der Waals surface area contributed by atoms with Gasteiger partial charge in [0.2, 0.25) is 5.91 Å². The van der Waals surface area contributed by atoms with E-state index in [9.17, 15) is 14.4 Å². The van der Waals surface area contributed by atoms with Crippen LogP contribution in [-0.2, 0) is 11.3 Å². The Hall–Kier alpha value is -3.14. The Bertz CT molecular complexity index is 902. The molecule has 156 valence electrons. The Morgan fingerprint density at radius 2 is 1.83 bits per heavy atom. The second-order valence-corrected chi connectivity index (χ2v) is 8.22. The smallest absolute Gasteiger partial charge is 0.270 e. The van der Waals surface area contributed by atoms with Gasteiger partial charge in [0.25, 0.3) is 11.8 Å². The molecule has 5 N–H and O–H groups in total. The third-order valence-electron chi connectivity index (χ3n) is 3.82. The largest absolute Gasteiger partial charge is 0.497 e. The summed E-state index contributed by atoms with van der Waals surface area (Å²) in [5.74, 6) is -0.968. The summed E-state index contributed by atoms with van der Waals surface area (Å²) in [6.07, 6.45) is 0. The lowest BCUT2D eigenvalue weighted by molar-refractivity contribution is -0.123. The minimum absolute atomic E-state index is 0.0656. The first-order valence-corrected chi connectivity index (χ1v) is 9.57. The van der Waals surface area contributed by atoms with Gasteiger partial charge in [0.1, 0.15) is 17.2 Å². The normalized spacial score (nSPS) is 11.0. The van der Waals surface area contributed by atoms with Crippen molar-refractivity contribution in [2.24, 2.45) is 5.73 Å². The predicted octanol–water partition coefficient (Wildman–Crippen LogP) is 1.39. The molecule has 1 heterocycles. The Kier molecular flexibility index (Phi) is 6.80. The van der Waals surface area contributed by atoms with Crippen molar-refractivity contribution >= 4 is 34.9 Å². The van der Waals surface area contributed by atoms with Crippen molar-refractivity contribution in [1.82, 2.24) is 14.6 Å². The highest BCUT2D eigenvalue weighted by Gasteiger charge is 2.27. The summed E-state index contributed by atoms with van der Waals surface area (Å²) < 4.78 is 9.00. The molecule has 3 amide bonds. The quantitative estimate of drug-likeness (QED) is 0.619. The van der Waals surface area contributed by atoms with Gasteiger partial charge in [0.05, 0.1) is 12.8 Å². The number of anilines is 1. The van der Waals surface area contributed by atoms with Crippen LogP contribution in [0.2, 0.25) is 0 Å². The maximum Gasteiger partial charge on any atom is 0.270 e. The first kappa shape index (κ1) is 22.2. The molecule has 0 aliphatic heterocycles. The zero-order valence-electron chi connectivity index (χ0n) is 16.8. The number of nitrogens with one attached hydrogen (secondary N) is 1. The number of benzene rings is 1. The molecule has 0 aliphatic carbocycles. The van der Waals surface area contributed by atoms with E-state index < -0.39 is 17.4 Å². The number of rotatable bonds is 7. The minimum atomic E-state index is -0.815. The van der Waals surface area contributed by atoms with Crippen molar-refractivity contribution in [3.05, 3.63) is 40.4 Å². The monoisotopic (exact) mass is 419 g/mol. The fraction of sp³-hybridized carbons (Fsp3) is 0.368. The van der Waals surface area contributed by atoms with Gasteiger partial charge >= 0.3 is 0 Å². The molecule has 0 fully saturated rings. The lowest BCUT2D eigenvalue weighted by Crippen LogP contribution is -2.47. The molecule has 0 bridgehead atoms. The summed E-state index contributed by atoms with van der Waals surface area (Å²) in [6, 6.07) is 7.12. The van der Waals surface area contributed by atoms with Crippen molar-refractivity contribution in [1.29, 1.82) is 0 Å². The SMILES string of the molecule is COc1ccc(CN(CC(=O)NC(C)(C)C)C(=O)c2snc(C(N)=O)c2N)cc1. The number of methoxy groups -OCH3 is 1. The van der Waals surface area contributed by atoms with E-state index >= 15 is 0 Å². The van der Waals surface area contributed by atoms with E-state index in [1.165, 1.54) is 4.90 Å². The molecule has 0 radical (unpaired) electrons. The molecular weight excluding hydrogens is 394 g/mol. The topological polar surface area (TPSA) is 141 Å². The standard InChI is InChI=1S/C19H25N5O4S/c1-19(2,3)22-13(25)10-24(9-11-5-7-12(28-4)8-6-11)18(27)16-14(20)15(17(21)26)23-29-16/h5-8H,9-10,20H2,1-4H3,(H2,21,26)(H,22,25). The number of nitrogens with two attached hydrogens (primary N) is 2. The van der Waals surface area contributed by atoms with E-state index in [0.717, 1.165) is 17.1 Å². The molecule has 0 unspecified atom stereocenters. The van der Waals surface area contributed by atoms with Crippen molar-refractivity contribution in [3.63, 3.8) is 0 Å². The summed E-state index contributed by atoms with van der Waals surface area (Å²) in [5, 5.41) is 2.83.